The highest BCUT2D eigenvalue weighted by molar-refractivity contribution is 5.99. The second-order valence-corrected chi connectivity index (χ2v) is 4.89. The van der Waals surface area contributed by atoms with Gasteiger partial charge in [-0.3, -0.25) is 0 Å². The normalized spacial score (nSPS) is 10.9. The number of nitrogens with zero attached hydrogens (tertiary/aromatic N) is 1. The average molecular weight is 320 g/mol. The van der Waals surface area contributed by atoms with Crippen molar-refractivity contribution in [1.29, 1.82) is 0 Å². The van der Waals surface area contributed by atoms with Gasteiger partial charge in [-0.25, -0.2) is 9.59 Å². The van der Waals surface area contributed by atoms with Crippen molar-refractivity contribution < 1.29 is 19.1 Å². The van der Waals surface area contributed by atoms with Gasteiger partial charge in [0.15, 0.2) is 0 Å². The number of methoxy groups -OCH3 is 2. The Labute approximate surface area is 137 Å². The Hall–Kier alpha value is -2.50. The molecule has 0 spiro atoms. The fourth-order valence-corrected chi connectivity index (χ4v) is 2.17. The number of ether oxygens (including phenoxy) is 2. The number of benzene rings is 1. The zero-order chi connectivity index (χ0) is 17.4. The molecule has 0 atom stereocenters. The summed E-state index contributed by atoms with van der Waals surface area (Å²) in [6, 6.07) is 5.90. The first-order valence-electron chi connectivity index (χ1n) is 7.47. The van der Waals surface area contributed by atoms with Gasteiger partial charge in [-0.1, -0.05) is 6.07 Å². The van der Waals surface area contributed by atoms with Crippen LogP contribution in [0.25, 0.3) is 0 Å². The first-order chi connectivity index (χ1) is 11.0. The molecule has 126 valence electrons. The summed E-state index contributed by atoms with van der Waals surface area (Å²) in [5, 5.41) is 3.00. The summed E-state index contributed by atoms with van der Waals surface area (Å²) < 4.78 is 9.31. The largest absolute Gasteiger partial charge is 0.466 e. The van der Waals surface area contributed by atoms with Crippen molar-refractivity contribution in [2.24, 2.45) is 0 Å². The topological polar surface area (TPSA) is 67.9 Å². The van der Waals surface area contributed by atoms with Crippen molar-refractivity contribution in [2.75, 3.05) is 37.5 Å². The van der Waals surface area contributed by atoms with E-state index in [9.17, 15) is 9.59 Å². The zero-order valence-corrected chi connectivity index (χ0v) is 14.3. The Morgan fingerprint density at radius 1 is 1.17 bits per heavy atom. The van der Waals surface area contributed by atoms with Gasteiger partial charge in [0, 0.05) is 13.1 Å². The van der Waals surface area contributed by atoms with E-state index in [2.05, 4.69) is 28.8 Å². The molecule has 0 aliphatic carbocycles. The molecule has 1 N–H and O–H groups in total. The number of esters is 2. The second kappa shape index (κ2) is 8.82. The highest BCUT2D eigenvalue weighted by atomic mass is 16.5. The van der Waals surface area contributed by atoms with Gasteiger partial charge in [-0.2, -0.15) is 0 Å². The lowest BCUT2D eigenvalue weighted by Gasteiger charge is -2.25. The molecule has 1 rings (SSSR count). The van der Waals surface area contributed by atoms with E-state index >= 15 is 0 Å². The number of carbonyl (C=O) groups is 2. The number of carbonyl (C=O) groups excluding carboxylic acids is 2. The molecule has 0 aliphatic heterocycles. The van der Waals surface area contributed by atoms with Gasteiger partial charge in [-0.15, -0.1) is 0 Å². The number of nitrogens with one attached hydrogen (secondary N) is 1. The molecule has 0 amide bonds. The first kappa shape index (κ1) is 18.5. The highest BCUT2D eigenvalue weighted by Crippen LogP contribution is 2.28. The molecule has 1 aromatic rings. The quantitative estimate of drug-likeness (QED) is 0.615. The lowest BCUT2D eigenvalue weighted by atomic mass is 10.1. The lowest BCUT2D eigenvalue weighted by Crippen LogP contribution is -2.24. The van der Waals surface area contributed by atoms with Crippen molar-refractivity contribution in [3.8, 4) is 0 Å². The number of rotatable bonds is 7. The van der Waals surface area contributed by atoms with Crippen LogP contribution in [0.4, 0.5) is 11.4 Å². The maximum absolute atomic E-state index is 11.9. The third kappa shape index (κ3) is 5.02. The van der Waals surface area contributed by atoms with Gasteiger partial charge in [0.2, 0.25) is 0 Å². The van der Waals surface area contributed by atoms with E-state index in [1.54, 1.807) is 0 Å². The number of anilines is 2. The minimum atomic E-state index is -0.637. The minimum absolute atomic E-state index is 0.0263. The summed E-state index contributed by atoms with van der Waals surface area (Å²) in [5.74, 6) is -1.27. The highest BCUT2D eigenvalue weighted by Gasteiger charge is 2.16. The van der Waals surface area contributed by atoms with E-state index in [0.29, 0.717) is 0 Å². The summed E-state index contributed by atoms with van der Waals surface area (Å²) >= 11 is 0. The fraction of sp³-hybridized carbons (Fsp3) is 0.412. The smallest absolute Gasteiger partial charge is 0.354 e. The SMILES string of the molecule is CCN(CC)c1ccc(C)cc1N/C(=C/C(=O)OC)C(=O)OC. The third-order valence-electron chi connectivity index (χ3n) is 3.39. The molecular formula is C17H24N2O4. The van der Waals surface area contributed by atoms with Crippen LogP contribution < -0.4 is 10.2 Å². The predicted octanol–water partition coefficient (Wildman–Crippen LogP) is 2.48. The molecule has 6 heteroatoms. The number of aryl methyl sites for hydroxylation is 1. The Balaban J connectivity index is 3.27. The number of hydrogen-bond acceptors (Lipinski definition) is 6. The van der Waals surface area contributed by atoms with Crippen LogP contribution in [0.2, 0.25) is 0 Å². The Bertz CT molecular complexity index is 592. The first-order valence-corrected chi connectivity index (χ1v) is 7.47. The van der Waals surface area contributed by atoms with Crippen LogP contribution in [0.3, 0.4) is 0 Å². The molecular weight excluding hydrogens is 296 g/mol. The summed E-state index contributed by atoms with van der Waals surface area (Å²) in [7, 11) is 2.51. The minimum Gasteiger partial charge on any atom is -0.466 e. The fourth-order valence-electron chi connectivity index (χ4n) is 2.17. The molecule has 0 heterocycles. The Morgan fingerprint density at radius 3 is 2.35 bits per heavy atom. The number of hydrogen-bond donors (Lipinski definition) is 1. The summed E-state index contributed by atoms with van der Waals surface area (Å²) in [6.07, 6.45) is 1.08. The van der Waals surface area contributed by atoms with Gasteiger partial charge in [0.25, 0.3) is 0 Å². The Morgan fingerprint density at radius 2 is 1.83 bits per heavy atom. The van der Waals surface area contributed by atoms with E-state index in [4.69, 9.17) is 4.74 Å². The van der Waals surface area contributed by atoms with Crippen LogP contribution in [-0.2, 0) is 19.1 Å². The molecule has 0 saturated carbocycles. The lowest BCUT2D eigenvalue weighted by molar-refractivity contribution is -0.138. The second-order valence-electron chi connectivity index (χ2n) is 4.89. The summed E-state index contributed by atoms with van der Waals surface area (Å²) in [5.41, 5.74) is 2.73. The molecule has 1 aromatic carbocycles. The maximum atomic E-state index is 11.9. The van der Waals surface area contributed by atoms with Crippen LogP contribution >= 0.6 is 0 Å². The molecule has 0 saturated heterocycles. The average Bonchev–Trinajstić information content (AvgIpc) is 2.56. The van der Waals surface area contributed by atoms with Crippen LogP contribution in [0.1, 0.15) is 19.4 Å². The Kier molecular flexibility index (Phi) is 7.12. The van der Waals surface area contributed by atoms with E-state index in [-0.39, 0.29) is 5.70 Å². The molecule has 0 aliphatic rings. The molecule has 0 bridgehead atoms. The van der Waals surface area contributed by atoms with Gasteiger partial charge in [0.1, 0.15) is 5.70 Å². The maximum Gasteiger partial charge on any atom is 0.354 e. The van der Waals surface area contributed by atoms with Crippen LogP contribution in [0.5, 0.6) is 0 Å². The van der Waals surface area contributed by atoms with Crippen molar-refractivity contribution in [1.82, 2.24) is 0 Å². The monoisotopic (exact) mass is 320 g/mol. The molecule has 0 aromatic heterocycles. The van der Waals surface area contributed by atoms with Crippen LogP contribution in [-0.4, -0.2) is 39.2 Å². The van der Waals surface area contributed by atoms with E-state index < -0.39 is 11.9 Å². The van der Waals surface area contributed by atoms with Crippen molar-refractivity contribution in [3.05, 3.63) is 35.5 Å². The van der Waals surface area contributed by atoms with Crippen molar-refractivity contribution >= 4 is 23.3 Å². The zero-order valence-electron chi connectivity index (χ0n) is 14.3. The van der Waals surface area contributed by atoms with Gasteiger partial charge < -0.3 is 19.7 Å². The molecule has 0 fully saturated rings. The molecule has 0 unspecified atom stereocenters. The summed E-state index contributed by atoms with van der Waals surface area (Å²) in [6.45, 7) is 7.71. The van der Waals surface area contributed by atoms with Gasteiger partial charge in [0.05, 0.1) is 31.7 Å². The third-order valence-corrected chi connectivity index (χ3v) is 3.39. The predicted molar refractivity (Wildman–Crippen MR) is 90.5 cm³/mol. The summed E-state index contributed by atoms with van der Waals surface area (Å²) in [4.78, 5) is 25.5. The van der Waals surface area contributed by atoms with Crippen molar-refractivity contribution in [2.45, 2.75) is 20.8 Å². The van der Waals surface area contributed by atoms with Gasteiger partial charge >= 0.3 is 11.9 Å². The van der Waals surface area contributed by atoms with Gasteiger partial charge in [-0.05, 0) is 38.5 Å². The van der Waals surface area contributed by atoms with E-state index in [1.807, 2.05) is 25.1 Å². The van der Waals surface area contributed by atoms with Crippen molar-refractivity contribution in [3.63, 3.8) is 0 Å². The van der Waals surface area contributed by atoms with Crippen LogP contribution in [0, 0.1) is 6.92 Å². The molecule has 0 radical (unpaired) electrons. The standard InChI is InChI=1S/C17H24N2O4/c1-6-19(7-2)15-9-8-12(3)10-13(15)18-14(17(21)23-5)11-16(20)22-4/h8-11,18H,6-7H2,1-5H3/b14-11+. The molecule has 6 nitrogen and oxygen atoms in total. The molecule has 23 heavy (non-hydrogen) atoms. The van der Waals surface area contributed by atoms with E-state index in [0.717, 1.165) is 36.1 Å². The van der Waals surface area contributed by atoms with E-state index in [1.165, 1.54) is 14.2 Å². The van der Waals surface area contributed by atoms with Crippen LogP contribution in [0.15, 0.2) is 30.0 Å².